The van der Waals surface area contributed by atoms with Crippen LogP contribution in [0.3, 0.4) is 0 Å². The van der Waals surface area contributed by atoms with Crippen molar-refractivity contribution < 1.29 is 4.79 Å². The predicted octanol–water partition coefficient (Wildman–Crippen LogP) is 5.16. The summed E-state index contributed by atoms with van der Waals surface area (Å²) in [7, 11) is 0. The van der Waals surface area contributed by atoms with Crippen LogP contribution in [0.2, 0.25) is 5.02 Å². The van der Waals surface area contributed by atoms with Gasteiger partial charge in [-0.15, -0.1) is 0 Å². The van der Waals surface area contributed by atoms with Crippen molar-refractivity contribution in [3.8, 4) is 0 Å². The molecule has 0 atom stereocenters. The Morgan fingerprint density at radius 2 is 2.00 bits per heavy atom. The number of benzene rings is 2. The molecule has 0 aliphatic heterocycles. The first-order chi connectivity index (χ1) is 10.5. The van der Waals surface area contributed by atoms with Gasteiger partial charge in [0, 0.05) is 23.1 Å². The molecule has 0 aliphatic carbocycles. The van der Waals surface area contributed by atoms with Gasteiger partial charge >= 0.3 is 0 Å². The summed E-state index contributed by atoms with van der Waals surface area (Å²) in [5.74, 6) is -0.0589. The summed E-state index contributed by atoms with van der Waals surface area (Å²) in [6.07, 6.45) is 0.371. The molecule has 0 spiro atoms. The molecule has 0 radical (unpaired) electrons. The van der Waals surface area contributed by atoms with Crippen molar-refractivity contribution in [2.75, 3.05) is 17.2 Å². The summed E-state index contributed by atoms with van der Waals surface area (Å²) >= 11 is 9.61. The zero-order valence-corrected chi connectivity index (χ0v) is 14.9. The zero-order chi connectivity index (χ0) is 16.1. The molecular weight excluding hydrogens is 364 g/mol. The molecule has 2 aromatic rings. The van der Waals surface area contributed by atoms with E-state index >= 15 is 0 Å². The van der Waals surface area contributed by atoms with Gasteiger partial charge in [-0.1, -0.05) is 39.7 Å². The lowest BCUT2D eigenvalue weighted by atomic mass is 10.1. The monoisotopic (exact) mass is 380 g/mol. The van der Waals surface area contributed by atoms with Crippen LogP contribution in [-0.4, -0.2) is 12.5 Å². The number of hydrogen-bond donors (Lipinski definition) is 2. The van der Waals surface area contributed by atoms with Crippen LogP contribution >= 0.6 is 27.5 Å². The molecule has 2 rings (SSSR count). The molecule has 0 fully saturated rings. The van der Waals surface area contributed by atoms with Gasteiger partial charge in [-0.05, 0) is 49.2 Å². The second kappa shape index (κ2) is 7.65. The Hall–Kier alpha value is -1.52. The van der Waals surface area contributed by atoms with Crippen LogP contribution in [0.25, 0.3) is 0 Å². The third kappa shape index (κ3) is 4.75. The van der Waals surface area contributed by atoms with Gasteiger partial charge in [-0.25, -0.2) is 0 Å². The van der Waals surface area contributed by atoms with Crippen molar-refractivity contribution in [1.82, 2.24) is 0 Å². The lowest BCUT2D eigenvalue weighted by molar-refractivity contribution is -0.115. The van der Waals surface area contributed by atoms with Crippen molar-refractivity contribution in [2.45, 2.75) is 20.3 Å². The first-order valence-corrected chi connectivity index (χ1v) is 8.19. The first kappa shape index (κ1) is 16.8. The van der Waals surface area contributed by atoms with Crippen LogP contribution in [-0.2, 0) is 4.79 Å². The third-order valence-corrected chi connectivity index (χ3v) is 3.99. The van der Waals surface area contributed by atoms with Gasteiger partial charge < -0.3 is 10.6 Å². The SMILES string of the molecule is Cc1cc(C)c(NC(=O)CCNc2cccc(Br)c2)c(Cl)c1. The molecule has 22 heavy (non-hydrogen) atoms. The second-order valence-corrected chi connectivity index (χ2v) is 6.50. The first-order valence-electron chi connectivity index (χ1n) is 7.02. The summed E-state index contributed by atoms with van der Waals surface area (Å²) < 4.78 is 1.00. The number of carbonyl (C=O) groups is 1. The molecule has 0 bridgehead atoms. The van der Waals surface area contributed by atoms with Gasteiger partial charge in [0.05, 0.1) is 10.7 Å². The number of nitrogens with one attached hydrogen (secondary N) is 2. The Labute approximate surface area is 144 Å². The zero-order valence-electron chi connectivity index (χ0n) is 12.5. The van der Waals surface area contributed by atoms with Crippen molar-refractivity contribution in [2.24, 2.45) is 0 Å². The van der Waals surface area contributed by atoms with Crippen LogP contribution in [0.1, 0.15) is 17.5 Å². The van der Waals surface area contributed by atoms with Gasteiger partial charge in [0.25, 0.3) is 0 Å². The van der Waals surface area contributed by atoms with Gasteiger partial charge in [-0.3, -0.25) is 4.79 Å². The minimum atomic E-state index is -0.0589. The fraction of sp³-hybridized carbons (Fsp3) is 0.235. The molecular formula is C17H18BrClN2O. The molecule has 0 aromatic heterocycles. The molecule has 2 N–H and O–H groups in total. The predicted molar refractivity (Wildman–Crippen MR) is 96.8 cm³/mol. The third-order valence-electron chi connectivity index (χ3n) is 3.20. The average Bonchev–Trinajstić information content (AvgIpc) is 2.43. The van der Waals surface area contributed by atoms with E-state index in [1.54, 1.807) is 0 Å². The van der Waals surface area contributed by atoms with Crippen molar-refractivity contribution in [1.29, 1.82) is 0 Å². The highest BCUT2D eigenvalue weighted by atomic mass is 79.9. The fourth-order valence-corrected chi connectivity index (χ4v) is 2.96. The van der Waals surface area contributed by atoms with E-state index in [2.05, 4.69) is 26.6 Å². The summed E-state index contributed by atoms with van der Waals surface area (Å²) in [4.78, 5) is 12.0. The normalized spacial score (nSPS) is 10.4. The summed E-state index contributed by atoms with van der Waals surface area (Å²) in [6, 6.07) is 11.7. The number of carbonyl (C=O) groups excluding carboxylic acids is 1. The van der Waals surface area contributed by atoms with Gasteiger partial charge in [0.15, 0.2) is 0 Å². The molecule has 0 heterocycles. The Morgan fingerprint density at radius 1 is 1.23 bits per heavy atom. The maximum Gasteiger partial charge on any atom is 0.226 e. The quantitative estimate of drug-likeness (QED) is 0.751. The van der Waals surface area contributed by atoms with Crippen LogP contribution < -0.4 is 10.6 Å². The molecule has 116 valence electrons. The minimum Gasteiger partial charge on any atom is -0.384 e. The van der Waals surface area contributed by atoms with E-state index in [1.807, 2.05) is 50.2 Å². The summed E-state index contributed by atoms with van der Waals surface area (Å²) in [6.45, 7) is 4.48. The van der Waals surface area contributed by atoms with E-state index in [9.17, 15) is 4.79 Å². The number of hydrogen-bond acceptors (Lipinski definition) is 2. The molecule has 3 nitrogen and oxygen atoms in total. The van der Waals surface area contributed by atoms with Crippen molar-refractivity contribution in [3.05, 3.63) is 57.0 Å². The number of rotatable bonds is 5. The van der Waals surface area contributed by atoms with Crippen molar-refractivity contribution in [3.63, 3.8) is 0 Å². The highest BCUT2D eigenvalue weighted by molar-refractivity contribution is 9.10. The Balaban J connectivity index is 1.89. The van der Waals surface area contributed by atoms with E-state index in [0.717, 1.165) is 21.3 Å². The lowest BCUT2D eigenvalue weighted by Crippen LogP contribution is -2.17. The topological polar surface area (TPSA) is 41.1 Å². The lowest BCUT2D eigenvalue weighted by Gasteiger charge is -2.12. The molecule has 0 unspecified atom stereocenters. The largest absolute Gasteiger partial charge is 0.384 e. The summed E-state index contributed by atoms with van der Waals surface area (Å²) in [5, 5.41) is 6.67. The van der Waals surface area contributed by atoms with Gasteiger partial charge in [-0.2, -0.15) is 0 Å². The molecule has 0 saturated heterocycles. The molecule has 0 saturated carbocycles. The van der Waals surface area contributed by atoms with Crippen LogP contribution in [0.15, 0.2) is 40.9 Å². The van der Waals surface area contributed by atoms with Crippen LogP contribution in [0.4, 0.5) is 11.4 Å². The van der Waals surface area contributed by atoms with E-state index in [4.69, 9.17) is 11.6 Å². The number of anilines is 2. The highest BCUT2D eigenvalue weighted by Gasteiger charge is 2.09. The van der Waals surface area contributed by atoms with Crippen LogP contribution in [0, 0.1) is 13.8 Å². The Bertz CT molecular complexity index is 665. The van der Waals surface area contributed by atoms with Crippen LogP contribution in [0.5, 0.6) is 0 Å². The highest BCUT2D eigenvalue weighted by Crippen LogP contribution is 2.27. The van der Waals surface area contributed by atoms with E-state index in [1.165, 1.54) is 0 Å². The smallest absolute Gasteiger partial charge is 0.226 e. The molecule has 0 aliphatic rings. The molecule has 5 heteroatoms. The second-order valence-electron chi connectivity index (χ2n) is 5.17. The average molecular weight is 382 g/mol. The summed E-state index contributed by atoms with van der Waals surface area (Å²) in [5.41, 5.74) is 3.72. The maximum absolute atomic E-state index is 12.0. The number of amides is 1. The van der Waals surface area contributed by atoms with E-state index in [-0.39, 0.29) is 5.91 Å². The van der Waals surface area contributed by atoms with Gasteiger partial charge in [0.1, 0.15) is 0 Å². The molecule has 2 aromatic carbocycles. The number of aryl methyl sites for hydroxylation is 2. The Kier molecular flexibility index (Phi) is 5.86. The number of halogens is 2. The fourth-order valence-electron chi connectivity index (χ4n) is 2.19. The van der Waals surface area contributed by atoms with E-state index < -0.39 is 0 Å². The van der Waals surface area contributed by atoms with Crippen molar-refractivity contribution >= 4 is 44.8 Å². The molecule has 1 amide bonds. The maximum atomic E-state index is 12.0. The minimum absolute atomic E-state index is 0.0589. The Morgan fingerprint density at radius 3 is 2.68 bits per heavy atom. The van der Waals surface area contributed by atoms with E-state index in [0.29, 0.717) is 23.7 Å². The standard InChI is InChI=1S/C17H18BrClN2O/c1-11-8-12(2)17(15(19)9-11)21-16(22)6-7-20-14-5-3-4-13(18)10-14/h3-5,8-10,20H,6-7H2,1-2H3,(H,21,22). The van der Waals surface area contributed by atoms with Gasteiger partial charge in [0.2, 0.25) is 5.91 Å².